The van der Waals surface area contributed by atoms with Gasteiger partial charge in [0.15, 0.2) is 0 Å². The SMILES string of the molecule is CCOC(=O)C1CCN(c2ccc(NS(=O)(=O)c3ccccc3Cl)cc2C(=O)O)CC1. The lowest BCUT2D eigenvalue weighted by molar-refractivity contribution is -0.148. The van der Waals surface area contributed by atoms with E-state index in [1.807, 2.05) is 4.90 Å². The molecule has 2 aromatic rings. The lowest BCUT2D eigenvalue weighted by Crippen LogP contribution is -2.37. The summed E-state index contributed by atoms with van der Waals surface area (Å²) in [5, 5.41) is 9.76. The van der Waals surface area contributed by atoms with Gasteiger partial charge in [-0.25, -0.2) is 13.2 Å². The molecule has 8 nitrogen and oxygen atoms in total. The molecule has 1 fully saturated rings. The summed E-state index contributed by atoms with van der Waals surface area (Å²) in [5.74, 6) is -1.61. The second-order valence-corrected chi connectivity index (χ2v) is 9.14. The van der Waals surface area contributed by atoms with E-state index < -0.39 is 16.0 Å². The van der Waals surface area contributed by atoms with Crippen LogP contribution in [-0.2, 0) is 19.6 Å². The molecule has 0 aromatic heterocycles. The first-order chi connectivity index (χ1) is 14.7. The van der Waals surface area contributed by atoms with Crippen molar-refractivity contribution in [1.82, 2.24) is 0 Å². The van der Waals surface area contributed by atoms with Crippen molar-refractivity contribution >= 4 is 44.9 Å². The molecule has 166 valence electrons. The Kier molecular flexibility index (Phi) is 7.07. The molecule has 1 saturated heterocycles. The highest BCUT2D eigenvalue weighted by Crippen LogP contribution is 2.30. The Hall–Kier alpha value is -2.78. The van der Waals surface area contributed by atoms with Crippen molar-refractivity contribution in [2.75, 3.05) is 29.3 Å². The van der Waals surface area contributed by atoms with Crippen molar-refractivity contribution in [1.29, 1.82) is 0 Å². The number of carbonyl (C=O) groups excluding carboxylic acids is 1. The summed E-state index contributed by atoms with van der Waals surface area (Å²) in [4.78, 5) is 25.6. The standard InChI is InChI=1S/C21H23ClN2O6S/c1-2-30-21(27)14-9-11-24(12-10-14)18-8-7-15(13-16(18)20(25)26)23-31(28,29)19-6-4-3-5-17(19)22/h3-8,13-14,23H,2,9-12H2,1H3,(H,25,26). The first-order valence-electron chi connectivity index (χ1n) is 9.79. The molecule has 0 saturated carbocycles. The zero-order chi connectivity index (χ0) is 22.6. The van der Waals surface area contributed by atoms with Gasteiger partial charge in [-0.1, -0.05) is 23.7 Å². The smallest absolute Gasteiger partial charge is 0.337 e. The molecule has 3 rings (SSSR count). The number of carbonyl (C=O) groups is 2. The lowest BCUT2D eigenvalue weighted by Gasteiger charge is -2.33. The van der Waals surface area contributed by atoms with Crippen LogP contribution in [0.1, 0.15) is 30.1 Å². The van der Waals surface area contributed by atoms with E-state index in [2.05, 4.69) is 4.72 Å². The lowest BCUT2D eigenvalue weighted by atomic mass is 9.96. The van der Waals surface area contributed by atoms with Crippen LogP contribution < -0.4 is 9.62 Å². The van der Waals surface area contributed by atoms with Gasteiger partial charge in [0.1, 0.15) is 4.90 Å². The maximum atomic E-state index is 12.6. The molecule has 0 bridgehead atoms. The summed E-state index contributed by atoms with van der Waals surface area (Å²) in [6.45, 7) is 3.07. The van der Waals surface area contributed by atoms with E-state index >= 15 is 0 Å². The molecule has 0 spiro atoms. The van der Waals surface area contributed by atoms with Crippen molar-refractivity contribution in [2.45, 2.75) is 24.7 Å². The average Bonchev–Trinajstić information content (AvgIpc) is 2.74. The van der Waals surface area contributed by atoms with Crippen molar-refractivity contribution in [3.05, 3.63) is 53.1 Å². The number of piperidine rings is 1. The monoisotopic (exact) mass is 466 g/mol. The van der Waals surface area contributed by atoms with E-state index in [1.165, 1.54) is 24.3 Å². The highest BCUT2D eigenvalue weighted by molar-refractivity contribution is 7.92. The topological polar surface area (TPSA) is 113 Å². The number of nitrogens with one attached hydrogen (secondary N) is 1. The summed E-state index contributed by atoms with van der Waals surface area (Å²) in [5.41, 5.74) is 0.548. The van der Waals surface area contributed by atoms with Gasteiger partial charge in [0, 0.05) is 18.8 Å². The molecular formula is C21H23ClN2O6S. The number of esters is 1. The highest BCUT2D eigenvalue weighted by Gasteiger charge is 2.28. The number of halogens is 1. The minimum Gasteiger partial charge on any atom is -0.478 e. The quantitative estimate of drug-likeness (QED) is 0.599. The normalized spacial score (nSPS) is 14.8. The van der Waals surface area contributed by atoms with E-state index in [0.29, 0.717) is 38.2 Å². The van der Waals surface area contributed by atoms with Crippen molar-refractivity contribution in [3.63, 3.8) is 0 Å². The van der Waals surface area contributed by atoms with E-state index in [9.17, 15) is 23.1 Å². The minimum absolute atomic E-state index is 0.0334. The Morgan fingerprint density at radius 2 is 1.87 bits per heavy atom. The van der Waals surface area contributed by atoms with Gasteiger partial charge in [-0.05, 0) is 50.1 Å². The number of carboxylic acids is 1. The second-order valence-electron chi connectivity index (χ2n) is 7.09. The van der Waals surface area contributed by atoms with Crippen LogP contribution in [0, 0.1) is 5.92 Å². The van der Waals surface area contributed by atoms with E-state index in [-0.39, 0.29) is 33.1 Å². The first kappa shape index (κ1) is 22.9. The fraction of sp³-hybridized carbons (Fsp3) is 0.333. The molecular weight excluding hydrogens is 444 g/mol. The predicted molar refractivity (Wildman–Crippen MR) is 117 cm³/mol. The van der Waals surface area contributed by atoms with Crippen molar-refractivity contribution < 1.29 is 27.9 Å². The number of hydrogen-bond donors (Lipinski definition) is 2. The van der Waals surface area contributed by atoms with Gasteiger partial charge in [0.25, 0.3) is 10.0 Å². The van der Waals surface area contributed by atoms with Crippen LogP contribution >= 0.6 is 11.6 Å². The molecule has 1 aliphatic heterocycles. The first-order valence-corrected chi connectivity index (χ1v) is 11.7. The number of ether oxygens (including phenoxy) is 1. The molecule has 0 amide bonds. The highest BCUT2D eigenvalue weighted by atomic mass is 35.5. The molecule has 1 aliphatic rings. The molecule has 0 aliphatic carbocycles. The number of hydrogen-bond acceptors (Lipinski definition) is 6. The number of aromatic carboxylic acids is 1. The van der Waals surface area contributed by atoms with Gasteiger partial charge in [-0.3, -0.25) is 9.52 Å². The molecule has 2 aromatic carbocycles. The number of anilines is 2. The molecule has 31 heavy (non-hydrogen) atoms. The Morgan fingerprint density at radius 3 is 2.48 bits per heavy atom. The van der Waals surface area contributed by atoms with Crippen LogP contribution in [0.5, 0.6) is 0 Å². The summed E-state index contributed by atoms with van der Waals surface area (Å²) < 4.78 is 32.7. The summed E-state index contributed by atoms with van der Waals surface area (Å²) in [6.07, 6.45) is 1.11. The van der Waals surface area contributed by atoms with Crippen LogP contribution in [0.25, 0.3) is 0 Å². The summed E-state index contributed by atoms with van der Waals surface area (Å²) >= 11 is 5.98. The van der Waals surface area contributed by atoms with Crippen molar-refractivity contribution in [3.8, 4) is 0 Å². The Balaban J connectivity index is 1.80. The third-order valence-electron chi connectivity index (χ3n) is 5.06. The van der Waals surface area contributed by atoms with Crippen LogP contribution in [0.2, 0.25) is 5.02 Å². The number of rotatable bonds is 7. The van der Waals surface area contributed by atoms with Crippen LogP contribution in [-0.4, -0.2) is 45.2 Å². The zero-order valence-corrected chi connectivity index (χ0v) is 18.4. The fourth-order valence-corrected chi connectivity index (χ4v) is 5.11. The molecule has 1 heterocycles. The van der Waals surface area contributed by atoms with Crippen LogP contribution in [0.15, 0.2) is 47.4 Å². The average molecular weight is 467 g/mol. The summed E-state index contributed by atoms with van der Waals surface area (Å²) in [6, 6.07) is 10.3. The maximum absolute atomic E-state index is 12.6. The molecule has 0 radical (unpaired) electrons. The van der Waals surface area contributed by atoms with Gasteiger partial charge >= 0.3 is 11.9 Å². The summed E-state index contributed by atoms with van der Waals surface area (Å²) in [7, 11) is -3.99. The fourth-order valence-electron chi connectivity index (χ4n) is 3.54. The van der Waals surface area contributed by atoms with Gasteiger partial charge in [-0.15, -0.1) is 0 Å². The number of carboxylic acid groups (broad SMARTS) is 1. The van der Waals surface area contributed by atoms with Crippen LogP contribution in [0.4, 0.5) is 11.4 Å². The third-order valence-corrected chi connectivity index (χ3v) is 6.94. The molecule has 0 unspecified atom stereocenters. The van der Waals surface area contributed by atoms with Crippen molar-refractivity contribution in [2.24, 2.45) is 5.92 Å². The predicted octanol–water partition coefficient (Wildman–Crippen LogP) is 3.62. The van der Waals surface area contributed by atoms with Gasteiger partial charge in [-0.2, -0.15) is 0 Å². The third kappa shape index (κ3) is 5.29. The number of nitrogens with zero attached hydrogens (tertiary/aromatic N) is 1. The Morgan fingerprint density at radius 1 is 1.19 bits per heavy atom. The van der Waals surface area contributed by atoms with Crippen LogP contribution in [0.3, 0.4) is 0 Å². The second kappa shape index (κ2) is 9.57. The Labute approximate surface area is 185 Å². The van der Waals surface area contributed by atoms with E-state index in [0.717, 1.165) is 0 Å². The number of sulfonamides is 1. The van der Waals surface area contributed by atoms with Gasteiger partial charge < -0.3 is 14.7 Å². The molecule has 2 N–H and O–H groups in total. The number of benzene rings is 2. The zero-order valence-electron chi connectivity index (χ0n) is 16.9. The van der Waals surface area contributed by atoms with E-state index in [4.69, 9.17) is 16.3 Å². The molecule has 0 atom stereocenters. The maximum Gasteiger partial charge on any atom is 0.337 e. The van der Waals surface area contributed by atoms with E-state index in [1.54, 1.807) is 25.1 Å². The largest absolute Gasteiger partial charge is 0.478 e. The van der Waals surface area contributed by atoms with Gasteiger partial charge in [0.2, 0.25) is 0 Å². The van der Waals surface area contributed by atoms with Gasteiger partial charge in [0.05, 0.1) is 28.8 Å². The molecule has 10 heteroatoms. The Bertz CT molecular complexity index is 1080. The minimum atomic E-state index is -3.99.